The number of hydrogen-bond acceptors (Lipinski definition) is 5. The first-order chi connectivity index (χ1) is 17.7. The molecule has 0 unspecified atom stereocenters. The molecule has 4 atom stereocenters. The zero-order chi connectivity index (χ0) is 26.2. The first-order valence-corrected chi connectivity index (χ1v) is 14.0. The Balaban J connectivity index is 1.24. The lowest BCUT2D eigenvalue weighted by atomic mass is 9.86. The standard InChI is InChI=1S/C28H40F2N6O/c1-18(2)26-34-33-19(3)36(26)24-15-22-6-7-23(16-24)35(22)14-10-25(21-5-4-13-31-17-21)32-27(37)20-8-11-28(29,30)12-9-20/h4-5,13,17-18,20,22-25H,6-12,14-16H2,1-3H3,(H,32,37)/t22-,23+,24-,25-/m0/s1. The molecule has 5 rings (SSSR count). The molecule has 1 aliphatic carbocycles. The molecule has 2 bridgehead atoms. The Morgan fingerprint density at radius 3 is 2.43 bits per heavy atom. The van der Waals surface area contributed by atoms with Crippen LogP contribution in [-0.4, -0.2) is 55.1 Å². The third-order valence-electron chi connectivity index (χ3n) is 8.80. The number of alkyl halides is 2. The van der Waals surface area contributed by atoms with Crippen LogP contribution < -0.4 is 5.32 Å². The predicted octanol–water partition coefficient (Wildman–Crippen LogP) is 5.35. The van der Waals surface area contributed by atoms with E-state index in [1.54, 1.807) is 6.20 Å². The van der Waals surface area contributed by atoms with Gasteiger partial charge in [0, 0.05) is 61.7 Å². The molecule has 3 aliphatic rings. The Bertz CT molecular complexity index is 1050. The van der Waals surface area contributed by atoms with Gasteiger partial charge in [-0.15, -0.1) is 10.2 Å². The number of nitrogens with one attached hydrogen (secondary N) is 1. The third-order valence-corrected chi connectivity index (χ3v) is 8.80. The number of carbonyl (C=O) groups excluding carboxylic acids is 1. The molecular formula is C28H40F2N6O. The number of carbonyl (C=O) groups is 1. The van der Waals surface area contributed by atoms with Gasteiger partial charge in [-0.25, -0.2) is 8.78 Å². The van der Waals surface area contributed by atoms with Crippen molar-refractivity contribution in [2.24, 2.45) is 5.92 Å². The zero-order valence-electron chi connectivity index (χ0n) is 22.2. The Morgan fingerprint density at radius 1 is 1.11 bits per heavy atom. The lowest BCUT2D eigenvalue weighted by Gasteiger charge is -2.40. The van der Waals surface area contributed by atoms with Crippen molar-refractivity contribution < 1.29 is 13.6 Å². The van der Waals surface area contributed by atoms with Crippen LogP contribution in [-0.2, 0) is 4.79 Å². The quantitative estimate of drug-likeness (QED) is 0.514. The van der Waals surface area contributed by atoms with E-state index in [9.17, 15) is 13.6 Å². The molecular weight excluding hydrogens is 474 g/mol. The molecule has 1 amide bonds. The normalized spacial score (nSPS) is 26.9. The van der Waals surface area contributed by atoms with Gasteiger partial charge in [0.15, 0.2) is 0 Å². The topological polar surface area (TPSA) is 75.9 Å². The van der Waals surface area contributed by atoms with Crippen molar-refractivity contribution >= 4 is 5.91 Å². The van der Waals surface area contributed by atoms with Crippen LogP contribution in [0.25, 0.3) is 0 Å². The number of fused-ring (bicyclic) bond motifs is 2. The first-order valence-electron chi connectivity index (χ1n) is 14.0. The molecule has 9 heteroatoms. The van der Waals surface area contributed by atoms with E-state index >= 15 is 0 Å². The van der Waals surface area contributed by atoms with Gasteiger partial charge in [-0.1, -0.05) is 19.9 Å². The summed E-state index contributed by atoms with van der Waals surface area (Å²) in [6.45, 7) is 7.30. The molecule has 2 aromatic heterocycles. The fourth-order valence-corrected chi connectivity index (χ4v) is 6.83. The first kappa shape index (κ1) is 26.2. The maximum absolute atomic E-state index is 13.6. The summed E-state index contributed by atoms with van der Waals surface area (Å²) in [6, 6.07) is 5.16. The highest BCUT2D eigenvalue weighted by Gasteiger charge is 2.42. The molecule has 7 nitrogen and oxygen atoms in total. The van der Waals surface area contributed by atoms with Crippen molar-refractivity contribution in [3.63, 3.8) is 0 Å². The molecule has 3 fully saturated rings. The summed E-state index contributed by atoms with van der Waals surface area (Å²) in [6.07, 6.45) is 8.98. The summed E-state index contributed by atoms with van der Waals surface area (Å²) in [5.74, 6) is -0.650. The number of aromatic nitrogens is 4. The molecule has 0 aromatic carbocycles. The van der Waals surface area contributed by atoms with Crippen LogP contribution in [0.15, 0.2) is 24.5 Å². The minimum Gasteiger partial charge on any atom is -0.349 e. The molecule has 2 saturated heterocycles. The molecule has 1 saturated carbocycles. The number of pyridine rings is 1. The summed E-state index contributed by atoms with van der Waals surface area (Å²) in [5.41, 5.74) is 0.973. The average Bonchev–Trinajstić information content (AvgIpc) is 3.37. The van der Waals surface area contributed by atoms with Crippen LogP contribution in [0.2, 0.25) is 0 Å². The molecule has 202 valence electrons. The van der Waals surface area contributed by atoms with Gasteiger partial charge in [0.25, 0.3) is 0 Å². The van der Waals surface area contributed by atoms with E-state index in [1.165, 1.54) is 12.8 Å². The highest BCUT2D eigenvalue weighted by atomic mass is 19.3. The number of aryl methyl sites for hydroxylation is 1. The van der Waals surface area contributed by atoms with Gasteiger partial charge >= 0.3 is 0 Å². The van der Waals surface area contributed by atoms with Crippen LogP contribution in [0.3, 0.4) is 0 Å². The number of rotatable bonds is 8. The molecule has 2 aliphatic heterocycles. The smallest absolute Gasteiger partial charge is 0.248 e. The molecule has 0 radical (unpaired) electrons. The number of nitrogens with zero attached hydrogens (tertiary/aromatic N) is 5. The molecule has 2 aromatic rings. The van der Waals surface area contributed by atoms with Crippen LogP contribution in [0.4, 0.5) is 8.78 Å². The summed E-state index contributed by atoms with van der Waals surface area (Å²) < 4.78 is 29.6. The Labute approximate surface area is 218 Å². The fourth-order valence-electron chi connectivity index (χ4n) is 6.83. The maximum Gasteiger partial charge on any atom is 0.248 e. The highest BCUT2D eigenvalue weighted by Crippen LogP contribution is 2.42. The minimum absolute atomic E-state index is 0.102. The summed E-state index contributed by atoms with van der Waals surface area (Å²) >= 11 is 0. The second-order valence-corrected chi connectivity index (χ2v) is 11.6. The van der Waals surface area contributed by atoms with E-state index in [0.717, 1.165) is 43.0 Å². The second-order valence-electron chi connectivity index (χ2n) is 11.6. The van der Waals surface area contributed by atoms with E-state index in [2.05, 4.69) is 50.7 Å². The largest absolute Gasteiger partial charge is 0.349 e. The van der Waals surface area contributed by atoms with Crippen molar-refractivity contribution in [2.75, 3.05) is 6.54 Å². The molecule has 1 N–H and O–H groups in total. The Hall–Kier alpha value is -2.42. The van der Waals surface area contributed by atoms with Gasteiger partial charge in [0.05, 0.1) is 6.04 Å². The molecule has 0 spiro atoms. The van der Waals surface area contributed by atoms with Crippen molar-refractivity contribution in [3.8, 4) is 0 Å². The third kappa shape index (κ3) is 5.71. The van der Waals surface area contributed by atoms with Gasteiger partial charge in [-0.2, -0.15) is 0 Å². The maximum atomic E-state index is 13.6. The van der Waals surface area contributed by atoms with Gasteiger partial charge in [0.1, 0.15) is 11.6 Å². The number of amides is 1. The molecule has 37 heavy (non-hydrogen) atoms. The number of hydrogen-bond donors (Lipinski definition) is 1. The van der Waals surface area contributed by atoms with Gasteiger partial charge in [-0.05, 0) is 63.5 Å². The van der Waals surface area contributed by atoms with Crippen molar-refractivity contribution in [1.29, 1.82) is 0 Å². The molecule has 4 heterocycles. The van der Waals surface area contributed by atoms with E-state index < -0.39 is 5.92 Å². The lowest BCUT2D eigenvalue weighted by molar-refractivity contribution is -0.130. The van der Waals surface area contributed by atoms with Gasteiger partial charge in [-0.3, -0.25) is 14.7 Å². The van der Waals surface area contributed by atoms with Crippen LogP contribution >= 0.6 is 0 Å². The SMILES string of the molecule is Cc1nnc(C(C)C)n1[C@@H]1C[C@H]2CC[C@@H](C1)N2CC[C@H](NC(=O)C1CCC(F)(F)CC1)c1cccnc1. The van der Waals surface area contributed by atoms with Crippen LogP contribution in [0.5, 0.6) is 0 Å². The monoisotopic (exact) mass is 514 g/mol. The van der Waals surface area contributed by atoms with Crippen molar-refractivity contribution in [3.05, 3.63) is 41.7 Å². The zero-order valence-corrected chi connectivity index (χ0v) is 22.2. The van der Waals surface area contributed by atoms with Crippen molar-refractivity contribution in [2.45, 2.75) is 115 Å². The number of halogens is 2. The lowest BCUT2D eigenvalue weighted by Crippen LogP contribution is -2.45. The van der Waals surface area contributed by atoms with Crippen molar-refractivity contribution in [1.82, 2.24) is 30.0 Å². The van der Waals surface area contributed by atoms with E-state index in [-0.39, 0.29) is 43.6 Å². The van der Waals surface area contributed by atoms with E-state index in [0.29, 0.717) is 24.0 Å². The Kier molecular flexibility index (Phi) is 7.61. The number of piperidine rings is 1. The highest BCUT2D eigenvalue weighted by molar-refractivity contribution is 5.79. The summed E-state index contributed by atoms with van der Waals surface area (Å²) in [4.78, 5) is 20.0. The van der Waals surface area contributed by atoms with Crippen LogP contribution in [0, 0.1) is 12.8 Å². The average molecular weight is 515 g/mol. The fraction of sp³-hybridized carbons (Fsp3) is 0.714. The van der Waals surface area contributed by atoms with Gasteiger partial charge in [0.2, 0.25) is 11.8 Å². The van der Waals surface area contributed by atoms with Gasteiger partial charge < -0.3 is 9.88 Å². The van der Waals surface area contributed by atoms with E-state index in [4.69, 9.17) is 0 Å². The van der Waals surface area contributed by atoms with Crippen LogP contribution in [0.1, 0.15) is 107 Å². The summed E-state index contributed by atoms with van der Waals surface area (Å²) in [7, 11) is 0. The second kappa shape index (κ2) is 10.8. The van der Waals surface area contributed by atoms with E-state index in [1.807, 2.05) is 18.3 Å². The summed E-state index contributed by atoms with van der Waals surface area (Å²) in [5, 5.41) is 12.0. The Morgan fingerprint density at radius 2 is 1.81 bits per heavy atom. The minimum atomic E-state index is -2.63. The predicted molar refractivity (Wildman–Crippen MR) is 137 cm³/mol.